The number of aliphatic carboxylic acids is 2. The number of nitrogens with one attached hydrogen (secondary N) is 3. The molecular weight excluding hydrogens is 424 g/mol. The van der Waals surface area contributed by atoms with Crippen molar-refractivity contribution in [3.05, 3.63) is 35.9 Å². The van der Waals surface area contributed by atoms with Crippen LogP contribution in [-0.2, 0) is 30.4 Å². The summed E-state index contributed by atoms with van der Waals surface area (Å²) in [4.78, 5) is 59.2. The van der Waals surface area contributed by atoms with E-state index in [0.29, 0.717) is 5.56 Å². The van der Waals surface area contributed by atoms with Gasteiger partial charge in [0.25, 0.3) is 0 Å². The lowest BCUT2D eigenvalue weighted by Gasteiger charge is -2.24. The summed E-state index contributed by atoms with van der Waals surface area (Å²) in [6, 6.07) is 3.24. The summed E-state index contributed by atoms with van der Waals surface area (Å²) in [6.45, 7) is 2.51. The van der Waals surface area contributed by atoms with Crippen LogP contribution in [0.2, 0.25) is 0 Å². The second-order valence-corrected chi connectivity index (χ2v) is 7.25. The van der Waals surface area contributed by atoms with Crippen LogP contribution in [0.5, 0.6) is 0 Å². The fraction of sp³-hybridized carbons (Fsp3) is 0.450. The number of benzene rings is 1. The van der Waals surface area contributed by atoms with E-state index >= 15 is 0 Å². The number of carboxylic acid groups (broad SMARTS) is 2. The van der Waals surface area contributed by atoms with Crippen LogP contribution in [0.3, 0.4) is 0 Å². The molecule has 5 unspecified atom stereocenters. The number of carbonyl (C=O) groups is 5. The molecule has 0 aliphatic heterocycles. The van der Waals surface area contributed by atoms with Gasteiger partial charge in [-0.2, -0.15) is 0 Å². The number of carbonyl (C=O) groups excluding carboxylic acids is 3. The van der Waals surface area contributed by atoms with Crippen LogP contribution in [0, 0.1) is 0 Å². The normalized spacial score (nSPS) is 15.4. The average molecular weight is 452 g/mol. The first kappa shape index (κ1) is 26.5. The molecule has 0 bridgehead atoms. The molecule has 12 nitrogen and oxygen atoms in total. The maximum absolute atomic E-state index is 12.7. The Balaban J connectivity index is 2.93. The van der Waals surface area contributed by atoms with Gasteiger partial charge in [-0.15, -0.1) is 0 Å². The third kappa shape index (κ3) is 8.70. The Kier molecular flexibility index (Phi) is 10.3. The number of nitrogens with two attached hydrogens (primary N) is 1. The molecule has 0 fully saturated rings. The van der Waals surface area contributed by atoms with Gasteiger partial charge < -0.3 is 37.0 Å². The lowest BCUT2D eigenvalue weighted by Crippen LogP contribution is -2.58. The van der Waals surface area contributed by atoms with E-state index in [4.69, 9.17) is 10.8 Å². The van der Waals surface area contributed by atoms with Crippen molar-refractivity contribution >= 4 is 29.7 Å². The Hall–Kier alpha value is -3.51. The number of aliphatic hydroxyl groups is 1. The van der Waals surface area contributed by atoms with Gasteiger partial charge in [-0.25, -0.2) is 4.79 Å². The molecule has 8 N–H and O–H groups in total. The Labute approximate surface area is 184 Å². The highest BCUT2D eigenvalue weighted by Crippen LogP contribution is 2.05. The van der Waals surface area contributed by atoms with E-state index in [1.165, 1.54) is 13.8 Å². The van der Waals surface area contributed by atoms with Gasteiger partial charge >= 0.3 is 11.9 Å². The lowest BCUT2D eigenvalue weighted by atomic mass is 10.0. The number of carboxylic acids is 2. The SMILES string of the molecule is CC(NC(=O)C(N)CC(=O)O)C(=O)NC(Cc1ccccc1)C(=O)NC(C(=O)O)C(C)O. The second kappa shape index (κ2) is 12.4. The number of hydrogen-bond acceptors (Lipinski definition) is 7. The molecule has 0 spiro atoms. The van der Waals surface area contributed by atoms with E-state index in [1.807, 2.05) is 0 Å². The first-order chi connectivity index (χ1) is 14.9. The zero-order chi connectivity index (χ0) is 24.4. The molecule has 12 heteroatoms. The number of amides is 3. The second-order valence-electron chi connectivity index (χ2n) is 7.25. The number of aliphatic hydroxyl groups excluding tert-OH is 1. The molecule has 5 atom stereocenters. The molecule has 1 aromatic rings. The Bertz CT molecular complexity index is 830. The van der Waals surface area contributed by atoms with Crippen molar-refractivity contribution in [3.63, 3.8) is 0 Å². The minimum atomic E-state index is -1.59. The standard InChI is InChI=1S/C20H28N4O8/c1-10(22-18(29)13(21)9-15(26)27)17(28)23-14(8-12-6-4-3-5-7-12)19(30)24-16(11(2)25)20(31)32/h3-7,10-11,13-14,16,25H,8-9,21H2,1-2H3,(H,22,29)(H,23,28)(H,24,30)(H,26,27)(H,31,32). The summed E-state index contributed by atoms with van der Waals surface area (Å²) in [5, 5.41) is 34.4. The van der Waals surface area contributed by atoms with E-state index in [1.54, 1.807) is 30.3 Å². The number of hydrogen-bond donors (Lipinski definition) is 7. The van der Waals surface area contributed by atoms with Crippen LogP contribution in [0.15, 0.2) is 30.3 Å². The first-order valence-corrected chi connectivity index (χ1v) is 9.75. The first-order valence-electron chi connectivity index (χ1n) is 9.75. The van der Waals surface area contributed by atoms with Crippen LogP contribution in [-0.4, -0.2) is 75.3 Å². The van der Waals surface area contributed by atoms with Crippen molar-refractivity contribution in [2.24, 2.45) is 5.73 Å². The minimum Gasteiger partial charge on any atom is -0.481 e. The largest absolute Gasteiger partial charge is 0.481 e. The highest BCUT2D eigenvalue weighted by Gasteiger charge is 2.31. The third-order valence-corrected chi connectivity index (χ3v) is 4.45. The summed E-state index contributed by atoms with van der Waals surface area (Å²) in [7, 11) is 0. The molecule has 0 saturated heterocycles. The summed E-state index contributed by atoms with van der Waals surface area (Å²) >= 11 is 0. The topological polar surface area (TPSA) is 208 Å². The monoisotopic (exact) mass is 452 g/mol. The predicted molar refractivity (Wildman–Crippen MR) is 111 cm³/mol. The van der Waals surface area contributed by atoms with E-state index < -0.39 is 66.4 Å². The van der Waals surface area contributed by atoms with Gasteiger partial charge in [0.1, 0.15) is 12.1 Å². The van der Waals surface area contributed by atoms with Crippen molar-refractivity contribution in [2.75, 3.05) is 0 Å². The summed E-state index contributed by atoms with van der Waals surface area (Å²) in [5.74, 6) is -5.22. The maximum Gasteiger partial charge on any atom is 0.328 e. The fourth-order valence-electron chi connectivity index (χ4n) is 2.67. The molecule has 0 radical (unpaired) electrons. The fourth-order valence-corrected chi connectivity index (χ4v) is 2.67. The minimum absolute atomic E-state index is 0.00373. The third-order valence-electron chi connectivity index (χ3n) is 4.45. The van der Waals surface area contributed by atoms with Gasteiger partial charge in [0.15, 0.2) is 6.04 Å². The maximum atomic E-state index is 12.7. The van der Waals surface area contributed by atoms with Crippen molar-refractivity contribution in [1.82, 2.24) is 16.0 Å². The molecule has 0 aliphatic carbocycles. The van der Waals surface area contributed by atoms with Gasteiger partial charge in [-0.05, 0) is 19.4 Å². The Morgan fingerprint density at radius 1 is 0.906 bits per heavy atom. The molecule has 3 amide bonds. The van der Waals surface area contributed by atoms with E-state index in [0.717, 1.165) is 0 Å². The molecule has 176 valence electrons. The predicted octanol–water partition coefficient (Wildman–Crippen LogP) is -2.03. The van der Waals surface area contributed by atoms with Crippen LogP contribution >= 0.6 is 0 Å². The zero-order valence-corrected chi connectivity index (χ0v) is 17.6. The Morgan fingerprint density at radius 3 is 2.00 bits per heavy atom. The van der Waals surface area contributed by atoms with Gasteiger partial charge in [0, 0.05) is 6.42 Å². The molecule has 32 heavy (non-hydrogen) atoms. The van der Waals surface area contributed by atoms with E-state index in [-0.39, 0.29) is 6.42 Å². The van der Waals surface area contributed by atoms with Crippen LogP contribution in [0.1, 0.15) is 25.8 Å². The molecule has 0 saturated carbocycles. The van der Waals surface area contributed by atoms with Crippen LogP contribution in [0.25, 0.3) is 0 Å². The quantitative estimate of drug-likeness (QED) is 0.186. The Morgan fingerprint density at radius 2 is 1.50 bits per heavy atom. The zero-order valence-electron chi connectivity index (χ0n) is 17.6. The van der Waals surface area contributed by atoms with Crippen molar-refractivity contribution < 1.29 is 39.3 Å². The molecule has 0 heterocycles. The highest BCUT2D eigenvalue weighted by atomic mass is 16.4. The smallest absolute Gasteiger partial charge is 0.328 e. The summed E-state index contributed by atoms with van der Waals surface area (Å²) in [6.07, 6.45) is -2.02. The van der Waals surface area contributed by atoms with Crippen molar-refractivity contribution in [2.45, 2.75) is 57.0 Å². The van der Waals surface area contributed by atoms with Gasteiger partial charge in [0.05, 0.1) is 18.6 Å². The van der Waals surface area contributed by atoms with Crippen LogP contribution < -0.4 is 21.7 Å². The molecular formula is C20H28N4O8. The van der Waals surface area contributed by atoms with E-state index in [9.17, 15) is 34.2 Å². The molecule has 1 rings (SSSR count). The number of rotatable bonds is 12. The van der Waals surface area contributed by atoms with Gasteiger partial charge in [-0.3, -0.25) is 19.2 Å². The van der Waals surface area contributed by atoms with Gasteiger partial charge in [-0.1, -0.05) is 30.3 Å². The van der Waals surface area contributed by atoms with E-state index in [2.05, 4.69) is 16.0 Å². The average Bonchev–Trinajstić information content (AvgIpc) is 2.70. The van der Waals surface area contributed by atoms with Crippen LogP contribution in [0.4, 0.5) is 0 Å². The van der Waals surface area contributed by atoms with Gasteiger partial charge in [0.2, 0.25) is 17.7 Å². The van der Waals surface area contributed by atoms with Crippen molar-refractivity contribution in [1.29, 1.82) is 0 Å². The summed E-state index contributed by atoms with van der Waals surface area (Å²) < 4.78 is 0. The molecule has 0 aliphatic rings. The molecule has 0 aromatic heterocycles. The highest BCUT2D eigenvalue weighted by molar-refractivity contribution is 5.94. The molecule has 1 aromatic carbocycles. The lowest BCUT2D eigenvalue weighted by molar-refractivity contribution is -0.145. The summed E-state index contributed by atoms with van der Waals surface area (Å²) in [5.41, 5.74) is 6.13. The van der Waals surface area contributed by atoms with Crippen molar-refractivity contribution in [3.8, 4) is 0 Å².